The summed E-state index contributed by atoms with van der Waals surface area (Å²) in [6.07, 6.45) is 10.3. The number of hydrogen-bond donors (Lipinski definition) is 2. The highest BCUT2D eigenvalue weighted by Crippen LogP contribution is 2.18. The number of aliphatic imine (C=N–C) groups is 1. The maximum absolute atomic E-state index is 6.04. The second-order valence-corrected chi connectivity index (χ2v) is 6.13. The van der Waals surface area contributed by atoms with Gasteiger partial charge in [-0.2, -0.15) is 5.10 Å². The summed E-state index contributed by atoms with van der Waals surface area (Å²) in [5, 5.41) is 7.59. The number of nitrogens with one attached hydrogen (secondary N) is 1. The molecule has 0 aromatic carbocycles. The summed E-state index contributed by atoms with van der Waals surface area (Å²) in [5.74, 6) is 0.567. The van der Waals surface area contributed by atoms with Gasteiger partial charge in [0, 0.05) is 24.8 Å². The average Bonchev–Trinajstić information content (AvgIpc) is 2.86. The molecule has 1 aromatic rings. The van der Waals surface area contributed by atoms with Crippen LogP contribution in [0.15, 0.2) is 17.4 Å². The van der Waals surface area contributed by atoms with Crippen LogP contribution in [0.5, 0.6) is 0 Å². The van der Waals surface area contributed by atoms with Crippen molar-refractivity contribution in [2.75, 3.05) is 20.6 Å². The van der Waals surface area contributed by atoms with Crippen molar-refractivity contribution in [3.63, 3.8) is 0 Å². The molecule has 0 saturated heterocycles. The van der Waals surface area contributed by atoms with Gasteiger partial charge in [0.1, 0.15) is 0 Å². The number of nitrogens with zero attached hydrogens (tertiary/aromatic N) is 4. The first-order valence-corrected chi connectivity index (χ1v) is 7.77. The van der Waals surface area contributed by atoms with Gasteiger partial charge >= 0.3 is 0 Å². The summed E-state index contributed by atoms with van der Waals surface area (Å²) in [6.45, 7) is 0.643. The summed E-state index contributed by atoms with van der Waals surface area (Å²) in [7, 11) is 6.04. The Morgan fingerprint density at radius 2 is 2.14 bits per heavy atom. The number of likely N-dealkylation sites (N-methyl/N-ethyl adjacent to an activating group) is 1. The fourth-order valence-corrected chi connectivity index (χ4v) is 2.87. The number of guanidine groups is 1. The summed E-state index contributed by atoms with van der Waals surface area (Å²) in [6, 6.07) is 0.698. The number of hydrogen-bond acceptors (Lipinski definition) is 3. The number of halogens is 1. The Balaban J connectivity index is 0.00000242. The van der Waals surface area contributed by atoms with E-state index >= 15 is 0 Å². The third-order valence-corrected chi connectivity index (χ3v) is 4.12. The first-order valence-electron chi connectivity index (χ1n) is 7.77. The molecule has 0 spiro atoms. The predicted octanol–water partition coefficient (Wildman–Crippen LogP) is 1.88. The van der Waals surface area contributed by atoms with Crippen LogP contribution in [-0.2, 0) is 7.05 Å². The molecule has 6 nitrogen and oxygen atoms in total. The van der Waals surface area contributed by atoms with Gasteiger partial charge in [-0.05, 0) is 26.9 Å². The van der Waals surface area contributed by atoms with Crippen LogP contribution in [0.25, 0.3) is 0 Å². The lowest BCUT2D eigenvalue weighted by Crippen LogP contribution is -2.41. The molecule has 7 heteroatoms. The highest BCUT2D eigenvalue weighted by Gasteiger charge is 2.17. The molecule has 1 saturated carbocycles. The molecule has 1 aliphatic carbocycles. The highest BCUT2D eigenvalue weighted by atomic mass is 127. The van der Waals surface area contributed by atoms with Crippen LogP contribution in [0.3, 0.4) is 0 Å². The third-order valence-electron chi connectivity index (χ3n) is 4.12. The Morgan fingerprint density at radius 3 is 2.68 bits per heavy atom. The lowest BCUT2D eigenvalue weighted by atomic mass is 9.96. The molecule has 1 aromatic heterocycles. The molecule has 126 valence electrons. The molecule has 0 amide bonds. The Kier molecular flexibility index (Phi) is 8.16. The highest BCUT2D eigenvalue weighted by molar-refractivity contribution is 14.0. The number of nitrogens with two attached hydrogens (primary N) is 1. The molecule has 0 aliphatic heterocycles. The first kappa shape index (κ1) is 19.2. The molecule has 1 unspecified atom stereocenters. The van der Waals surface area contributed by atoms with Crippen molar-refractivity contribution in [1.82, 2.24) is 20.0 Å². The molecule has 2 rings (SSSR count). The van der Waals surface area contributed by atoms with E-state index in [2.05, 4.69) is 34.4 Å². The van der Waals surface area contributed by atoms with Gasteiger partial charge < -0.3 is 16.0 Å². The first-order chi connectivity index (χ1) is 10.1. The Morgan fingerprint density at radius 1 is 1.45 bits per heavy atom. The number of rotatable bonds is 5. The molecule has 0 radical (unpaired) electrons. The van der Waals surface area contributed by atoms with Crippen molar-refractivity contribution in [2.24, 2.45) is 17.8 Å². The van der Waals surface area contributed by atoms with Crippen molar-refractivity contribution < 1.29 is 0 Å². The second kappa shape index (κ2) is 9.34. The van der Waals surface area contributed by atoms with E-state index in [-0.39, 0.29) is 30.0 Å². The van der Waals surface area contributed by atoms with E-state index in [1.165, 1.54) is 32.1 Å². The van der Waals surface area contributed by atoms with E-state index in [0.717, 1.165) is 5.56 Å². The van der Waals surface area contributed by atoms with Crippen LogP contribution in [0.1, 0.15) is 43.7 Å². The lowest BCUT2D eigenvalue weighted by molar-refractivity contribution is 0.306. The second-order valence-electron chi connectivity index (χ2n) is 6.13. The minimum absolute atomic E-state index is 0. The molecular formula is C15H29IN6. The maximum atomic E-state index is 6.04. The molecule has 3 N–H and O–H groups in total. The Bertz CT molecular complexity index is 464. The van der Waals surface area contributed by atoms with Gasteiger partial charge in [0.15, 0.2) is 5.96 Å². The van der Waals surface area contributed by atoms with Gasteiger partial charge in [-0.25, -0.2) is 0 Å². The smallest absolute Gasteiger partial charge is 0.188 e. The average molecular weight is 420 g/mol. The maximum Gasteiger partial charge on any atom is 0.188 e. The lowest BCUT2D eigenvalue weighted by Gasteiger charge is -2.24. The van der Waals surface area contributed by atoms with Crippen molar-refractivity contribution in [3.05, 3.63) is 18.0 Å². The van der Waals surface area contributed by atoms with Gasteiger partial charge in [-0.3, -0.25) is 9.67 Å². The van der Waals surface area contributed by atoms with Crippen molar-refractivity contribution in [2.45, 2.75) is 44.2 Å². The fourth-order valence-electron chi connectivity index (χ4n) is 2.87. The van der Waals surface area contributed by atoms with Crippen molar-refractivity contribution in [1.29, 1.82) is 0 Å². The topological polar surface area (TPSA) is 71.5 Å². The predicted molar refractivity (Wildman–Crippen MR) is 102 cm³/mol. The van der Waals surface area contributed by atoms with Gasteiger partial charge in [0.05, 0.1) is 18.8 Å². The van der Waals surface area contributed by atoms with Crippen molar-refractivity contribution in [3.8, 4) is 0 Å². The largest absolute Gasteiger partial charge is 0.370 e. The molecular weight excluding hydrogens is 391 g/mol. The van der Waals surface area contributed by atoms with Gasteiger partial charge in [0.2, 0.25) is 0 Å². The third kappa shape index (κ3) is 5.75. The summed E-state index contributed by atoms with van der Waals surface area (Å²) < 4.78 is 1.82. The zero-order chi connectivity index (χ0) is 15.2. The molecule has 1 atom stereocenters. The van der Waals surface area contributed by atoms with E-state index in [4.69, 9.17) is 5.73 Å². The minimum Gasteiger partial charge on any atom is -0.370 e. The van der Waals surface area contributed by atoms with Crippen LogP contribution in [0.4, 0.5) is 0 Å². The van der Waals surface area contributed by atoms with E-state index in [1.54, 1.807) is 0 Å². The zero-order valence-corrected chi connectivity index (χ0v) is 16.2. The fraction of sp³-hybridized carbons (Fsp3) is 0.733. The van der Waals surface area contributed by atoms with Crippen LogP contribution in [-0.4, -0.2) is 47.3 Å². The van der Waals surface area contributed by atoms with E-state index < -0.39 is 0 Å². The van der Waals surface area contributed by atoms with Gasteiger partial charge in [-0.1, -0.05) is 19.3 Å². The Hall–Kier alpha value is -0.830. The Labute approximate surface area is 150 Å². The van der Waals surface area contributed by atoms with Gasteiger partial charge in [0.25, 0.3) is 0 Å². The van der Waals surface area contributed by atoms with Gasteiger partial charge in [-0.15, -0.1) is 24.0 Å². The van der Waals surface area contributed by atoms with E-state index in [9.17, 15) is 0 Å². The number of aromatic nitrogens is 2. The van der Waals surface area contributed by atoms with Crippen LogP contribution < -0.4 is 11.1 Å². The molecule has 0 bridgehead atoms. The summed E-state index contributed by atoms with van der Waals surface area (Å²) >= 11 is 0. The zero-order valence-electron chi connectivity index (χ0n) is 13.8. The molecule has 1 aliphatic rings. The standard InChI is InChI=1S/C15H28N6.HI/c1-20(2)14(12-9-18-21(3)11-12)10-17-15(16)19-13-7-5-4-6-8-13;/h9,11,13-14H,4-8,10H2,1-3H3,(H3,16,17,19);1H. The summed E-state index contributed by atoms with van der Waals surface area (Å²) in [5.41, 5.74) is 7.20. The van der Waals surface area contributed by atoms with Crippen LogP contribution >= 0.6 is 24.0 Å². The van der Waals surface area contributed by atoms with Crippen LogP contribution in [0, 0.1) is 0 Å². The normalized spacial score (nSPS) is 18.1. The molecule has 1 fully saturated rings. The molecule has 1 heterocycles. The van der Waals surface area contributed by atoms with Crippen molar-refractivity contribution >= 4 is 29.9 Å². The SMILES string of the molecule is CN(C)C(CN=C(N)NC1CCCCC1)c1cnn(C)c1.I. The summed E-state index contributed by atoms with van der Waals surface area (Å²) in [4.78, 5) is 6.68. The quantitative estimate of drug-likeness (QED) is 0.434. The van der Waals surface area contributed by atoms with Crippen LogP contribution in [0.2, 0.25) is 0 Å². The monoisotopic (exact) mass is 420 g/mol. The molecule has 22 heavy (non-hydrogen) atoms. The number of aryl methyl sites for hydroxylation is 1. The van der Waals surface area contributed by atoms with E-state index in [0.29, 0.717) is 18.5 Å². The minimum atomic E-state index is 0. The van der Waals surface area contributed by atoms with E-state index in [1.807, 2.05) is 24.1 Å².